The standard InChI is InChI=1S/C18H22BrN3O9/c1-11(23)20-12-2-3-14(13(19)6-12)31-18(30)10-22(9-17(28)29)5-4-21(7-15(24)25)8-16(26)27/h2-3,6H,4-5,7-10H2,1H3,(H,20,23)(H,24,25)(H,26,27)(H,28,29). The second-order valence-electron chi connectivity index (χ2n) is 6.40. The molecule has 170 valence electrons. The number of anilines is 1. The molecule has 1 amide bonds. The summed E-state index contributed by atoms with van der Waals surface area (Å²) in [7, 11) is 0. The Bertz CT molecular complexity index is 831. The van der Waals surface area contributed by atoms with Crippen LogP contribution in [0.4, 0.5) is 5.69 Å². The van der Waals surface area contributed by atoms with Crippen molar-refractivity contribution >= 4 is 51.4 Å². The molecular weight excluding hydrogens is 482 g/mol. The van der Waals surface area contributed by atoms with Crippen LogP contribution in [0.5, 0.6) is 5.75 Å². The van der Waals surface area contributed by atoms with Crippen molar-refractivity contribution in [2.24, 2.45) is 0 Å². The van der Waals surface area contributed by atoms with Gasteiger partial charge in [0.15, 0.2) is 0 Å². The molecule has 0 aliphatic rings. The van der Waals surface area contributed by atoms with Crippen molar-refractivity contribution in [2.45, 2.75) is 6.92 Å². The van der Waals surface area contributed by atoms with Gasteiger partial charge in [0, 0.05) is 25.7 Å². The molecule has 0 saturated heterocycles. The van der Waals surface area contributed by atoms with Crippen LogP contribution in [0.25, 0.3) is 0 Å². The van der Waals surface area contributed by atoms with Crippen molar-refractivity contribution in [3.63, 3.8) is 0 Å². The number of aliphatic carboxylic acids is 3. The molecule has 0 atom stereocenters. The van der Waals surface area contributed by atoms with Crippen LogP contribution in [-0.4, -0.2) is 94.2 Å². The molecule has 13 heteroatoms. The molecule has 0 heterocycles. The lowest BCUT2D eigenvalue weighted by Crippen LogP contribution is -2.43. The number of benzene rings is 1. The number of esters is 1. The van der Waals surface area contributed by atoms with Crippen LogP contribution in [0, 0.1) is 0 Å². The quantitative estimate of drug-likeness (QED) is 0.213. The number of amides is 1. The summed E-state index contributed by atoms with van der Waals surface area (Å²) >= 11 is 3.21. The van der Waals surface area contributed by atoms with E-state index in [4.69, 9.17) is 20.1 Å². The Morgan fingerprint density at radius 2 is 1.39 bits per heavy atom. The molecule has 0 unspecified atom stereocenters. The van der Waals surface area contributed by atoms with Gasteiger partial charge in [-0.2, -0.15) is 0 Å². The first kappa shape index (κ1) is 26.0. The molecular formula is C18H22BrN3O9. The van der Waals surface area contributed by atoms with E-state index in [9.17, 15) is 24.0 Å². The summed E-state index contributed by atoms with van der Waals surface area (Å²) in [5.74, 6) is -4.61. The fourth-order valence-corrected chi connectivity index (χ4v) is 2.95. The number of nitrogens with zero attached hydrogens (tertiary/aromatic N) is 2. The molecule has 0 saturated carbocycles. The molecule has 31 heavy (non-hydrogen) atoms. The lowest BCUT2D eigenvalue weighted by Gasteiger charge is -2.24. The van der Waals surface area contributed by atoms with Crippen LogP contribution in [0.3, 0.4) is 0 Å². The van der Waals surface area contributed by atoms with E-state index in [1.807, 2.05) is 0 Å². The van der Waals surface area contributed by atoms with E-state index >= 15 is 0 Å². The summed E-state index contributed by atoms with van der Waals surface area (Å²) < 4.78 is 5.60. The van der Waals surface area contributed by atoms with Crippen molar-refractivity contribution in [3.8, 4) is 5.75 Å². The summed E-state index contributed by atoms with van der Waals surface area (Å²) in [6, 6.07) is 4.48. The molecule has 0 aliphatic heterocycles. The zero-order chi connectivity index (χ0) is 23.6. The molecule has 0 radical (unpaired) electrons. The van der Waals surface area contributed by atoms with Gasteiger partial charge in [-0.05, 0) is 34.1 Å². The minimum absolute atomic E-state index is 0.0788. The van der Waals surface area contributed by atoms with Gasteiger partial charge >= 0.3 is 23.9 Å². The monoisotopic (exact) mass is 503 g/mol. The Morgan fingerprint density at radius 3 is 1.81 bits per heavy atom. The highest BCUT2D eigenvalue weighted by atomic mass is 79.9. The van der Waals surface area contributed by atoms with Crippen LogP contribution >= 0.6 is 15.9 Å². The first-order valence-corrected chi connectivity index (χ1v) is 9.63. The lowest BCUT2D eigenvalue weighted by atomic mass is 10.3. The smallest absolute Gasteiger partial charge is 0.325 e. The second kappa shape index (κ2) is 12.6. The molecule has 1 aromatic rings. The number of ether oxygens (including phenoxy) is 1. The van der Waals surface area contributed by atoms with Crippen LogP contribution < -0.4 is 10.1 Å². The number of nitrogens with one attached hydrogen (secondary N) is 1. The predicted molar refractivity (Wildman–Crippen MR) is 110 cm³/mol. The van der Waals surface area contributed by atoms with E-state index in [0.29, 0.717) is 10.2 Å². The number of carbonyl (C=O) groups excluding carboxylic acids is 2. The Hall–Kier alpha value is -3.03. The number of halogens is 1. The van der Waals surface area contributed by atoms with Gasteiger partial charge in [-0.1, -0.05) is 0 Å². The summed E-state index contributed by atoms with van der Waals surface area (Å²) in [5.41, 5.74) is 0.476. The first-order valence-electron chi connectivity index (χ1n) is 8.84. The fraction of sp³-hybridized carbons (Fsp3) is 0.389. The predicted octanol–water partition coefficient (Wildman–Crippen LogP) is 0.171. The molecule has 12 nitrogen and oxygen atoms in total. The largest absolute Gasteiger partial charge is 0.480 e. The van der Waals surface area contributed by atoms with Crippen LogP contribution in [0.15, 0.2) is 22.7 Å². The van der Waals surface area contributed by atoms with Gasteiger partial charge in [0.05, 0.1) is 30.7 Å². The van der Waals surface area contributed by atoms with E-state index < -0.39 is 50.1 Å². The van der Waals surface area contributed by atoms with Crippen molar-refractivity contribution in [1.82, 2.24) is 9.80 Å². The van der Waals surface area contributed by atoms with Gasteiger partial charge in [-0.25, -0.2) is 0 Å². The van der Waals surface area contributed by atoms with Crippen LogP contribution in [0.1, 0.15) is 6.92 Å². The van der Waals surface area contributed by atoms with Gasteiger partial charge in [-0.15, -0.1) is 0 Å². The van der Waals surface area contributed by atoms with E-state index in [0.717, 1.165) is 4.90 Å². The lowest BCUT2D eigenvalue weighted by molar-refractivity contribution is -0.144. The zero-order valence-electron chi connectivity index (χ0n) is 16.5. The Labute approximate surface area is 185 Å². The number of carboxylic acids is 3. The molecule has 4 N–H and O–H groups in total. The SMILES string of the molecule is CC(=O)Nc1ccc(OC(=O)CN(CCN(CC(=O)O)CC(=O)O)CC(=O)O)c(Br)c1. The average Bonchev–Trinajstić information content (AvgIpc) is 2.60. The first-order chi connectivity index (χ1) is 14.5. The fourth-order valence-electron chi connectivity index (χ4n) is 2.49. The molecule has 0 aliphatic carbocycles. The van der Waals surface area contributed by atoms with Crippen LogP contribution in [0.2, 0.25) is 0 Å². The van der Waals surface area contributed by atoms with E-state index in [-0.39, 0.29) is 24.7 Å². The average molecular weight is 504 g/mol. The van der Waals surface area contributed by atoms with E-state index in [1.54, 1.807) is 0 Å². The molecule has 0 bridgehead atoms. The maximum atomic E-state index is 12.3. The third-order valence-corrected chi connectivity index (χ3v) is 4.26. The van der Waals surface area contributed by atoms with Gasteiger partial charge in [-0.3, -0.25) is 33.8 Å². The highest BCUT2D eigenvalue weighted by Crippen LogP contribution is 2.28. The van der Waals surface area contributed by atoms with Crippen molar-refractivity contribution in [1.29, 1.82) is 0 Å². The zero-order valence-corrected chi connectivity index (χ0v) is 18.1. The summed E-state index contributed by atoms with van der Waals surface area (Å²) in [4.78, 5) is 58.5. The van der Waals surface area contributed by atoms with Gasteiger partial charge < -0.3 is 25.4 Å². The van der Waals surface area contributed by atoms with Gasteiger partial charge in [0.25, 0.3) is 0 Å². The normalized spacial score (nSPS) is 10.7. The minimum Gasteiger partial charge on any atom is -0.480 e. The highest BCUT2D eigenvalue weighted by Gasteiger charge is 2.20. The number of carboxylic acid groups (broad SMARTS) is 3. The molecule has 0 spiro atoms. The third kappa shape index (κ3) is 11.1. The molecule has 1 aromatic carbocycles. The summed E-state index contributed by atoms with van der Waals surface area (Å²) in [6.07, 6.45) is 0. The number of hydrogen-bond donors (Lipinski definition) is 4. The van der Waals surface area contributed by atoms with E-state index in [2.05, 4.69) is 21.2 Å². The van der Waals surface area contributed by atoms with Crippen molar-refractivity contribution in [3.05, 3.63) is 22.7 Å². The number of carbonyl (C=O) groups is 5. The van der Waals surface area contributed by atoms with Crippen molar-refractivity contribution < 1.29 is 44.0 Å². The summed E-state index contributed by atoms with van der Waals surface area (Å²) in [5, 5.41) is 29.3. The van der Waals surface area contributed by atoms with Crippen molar-refractivity contribution in [2.75, 3.05) is 44.6 Å². The number of hydrogen-bond acceptors (Lipinski definition) is 8. The maximum absolute atomic E-state index is 12.3. The third-order valence-electron chi connectivity index (χ3n) is 3.64. The van der Waals surface area contributed by atoms with Gasteiger partial charge in [0.1, 0.15) is 5.75 Å². The molecule has 1 rings (SSSR count). The Kier molecular flexibility index (Phi) is 10.6. The minimum atomic E-state index is -1.24. The highest BCUT2D eigenvalue weighted by molar-refractivity contribution is 9.10. The Morgan fingerprint density at radius 1 is 0.903 bits per heavy atom. The van der Waals surface area contributed by atoms with Crippen LogP contribution in [-0.2, 0) is 24.0 Å². The van der Waals surface area contributed by atoms with Gasteiger partial charge in [0.2, 0.25) is 5.91 Å². The molecule has 0 aromatic heterocycles. The molecule has 0 fully saturated rings. The Balaban J connectivity index is 2.76. The maximum Gasteiger partial charge on any atom is 0.325 e. The second-order valence-corrected chi connectivity index (χ2v) is 7.26. The topological polar surface area (TPSA) is 174 Å². The summed E-state index contributed by atoms with van der Waals surface area (Å²) in [6.45, 7) is -0.895. The number of rotatable bonds is 13. The van der Waals surface area contributed by atoms with E-state index in [1.165, 1.54) is 30.0 Å².